The molecule has 1 heterocycles. The normalized spacial score (nSPS) is 17.0. The summed E-state index contributed by atoms with van der Waals surface area (Å²) >= 11 is 0. The highest BCUT2D eigenvalue weighted by molar-refractivity contribution is 7.89. The zero-order chi connectivity index (χ0) is 17.0. The van der Waals surface area contributed by atoms with Gasteiger partial charge < -0.3 is 4.90 Å². The molecule has 0 aliphatic carbocycles. The smallest absolute Gasteiger partial charge is 0.243 e. The summed E-state index contributed by atoms with van der Waals surface area (Å²) in [6.45, 7) is 9.26. The zero-order valence-corrected chi connectivity index (χ0v) is 14.8. The van der Waals surface area contributed by atoms with Gasteiger partial charge in [0, 0.05) is 5.56 Å². The van der Waals surface area contributed by atoms with E-state index in [2.05, 4.69) is 19.9 Å². The third kappa shape index (κ3) is 4.50. The number of quaternary nitrogens is 1. The molecule has 126 valence electrons. The molecule has 0 amide bonds. The fourth-order valence-corrected chi connectivity index (χ4v) is 4.05. The van der Waals surface area contributed by atoms with E-state index in [0.717, 1.165) is 19.6 Å². The van der Waals surface area contributed by atoms with Crippen LogP contribution in [-0.4, -0.2) is 51.2 Å². The molecule has 0 aromatic heterocycles. The van der Waals surface area contributed by atoms with Crippen molar-refractivity contribution >= 4 is 15.8 Å². The number of nitrogens with zero attached hydrogens (tertiary/aromatic N) is 1. The van der Waals surface area contributed by atoms with E-state index >= 15 is 0 Å². The van der Waals surface area contributed by atoms with E-state index in [1.807, 2.05) is 0 Å². The van der Waals surface area contributed by atoms with E-state index in [9.17, 15) is 13.2 Å². The monoisotopic (exact) mass is 337 g/mol. The molecule has 1 aromatic carbocycles. The average molecular weight is 337 g/mol. The van der Waals surface area contributed by atoms with Crippen molar-refractivity contribution in [2.24, 2.45) is 0 Å². The molecule has 1 N–H and O–H groups in total. The minimum absolute atomic E-state index is 0.0644. The van der Waals surface area contributed by atoms with E-state index in [1.165, 1.54) is 29.5 Å². The highest BCUT2D eigenvalue weighted by Crippen LogP contribution is 2.16. The fourth-order valence-electron chi connectivity index (χ4n) is 2.61. The minimum atomic E-state index is -3.47. The largest absolute Gasteiger partial charge is 0.329 e. The Morgan fingerprint density at radius 3 is 2.17 bits per heavy atom. The van der Waals surface area contributed by atoms with Crippen LogP contribution in [0.15, 0.2) is 40.8 Å². The van der Waals surface area contributed by atoms with Gasteiger partial charge in [0.15, 0.2) is 5.78 Å². The predicted octanol–water partition coefficient (Wildman–Crippen LogP) is 0.745. The highest BCUT2D eigenvalue weighted by Gasteiger charge is 2.29. The van der Waals surface area contributed by atoms with E-state index in [1.54, 1.807) is 16.4 Å². The van der Waals surface area contributed by atoms with Gasteiger partial charge >= 0.3 is 0 Å². The summed E-state index contributed by atoms with van der Waals surface area (Å²) in [5, 5.41) is 0. The Morgan fingerprint density at radius 1 is 1.13 bits per heavy atom. The van der Waals surface area contributed by atoms with Gasteiger partial charge in [0.1, 0.15) is 0 Å². The lowest BCUT2D eigenvalue weighted by Crippen LogP contribution is -3.14. The van der Waals surface area contributed by atoms with Gasteiger partial charge in [-0.2, -0.15) is 4.31 Å². The molecule has 2 rings (SSSR count). The first-order valence-corrected chi connectivity index (χ1v) is 9.33. The van der Waals surface area contributed by atoms with Crippen LogP contribution in [0.5, 0.6) is 0 Å². The fraction of sp³-hybridized carbons (Fsp3) is 0.471. The summed E-state index contributed by atoms with van der Waals surface area (Å²) in [4.78, 5) is 13.0. The number of carbonyl (C=O) groups is 1. The van der Waals surface area contributed by atoms with Crippen LogP contribution in [0.3, 0.4) is 0 Å². The second-order valence-corrected chi connectivity index (χ2v) is 8.16. The summed E-state index contributed by atoms with van der Waals surface area (Å²) in [5.74, 6) is -0.0644. The molecule has 1 aromatic rings. The maximum atomic E-state index is 12.7. The van der Waals surface area contributed by atoms with Crippen molar-refractivity contribution in [3.05, 3.63) is 41.5 Å². The van der Waals surface area contributed by atoms with Crippen molar-refractivity contribution in [1.82, 2.24) is 4.31 Å². The third-order valence-electron chi connectivity index (χ3n) is 4.13. The molecule has 1 fully saturated rings. The predicted molar refractivity (Wildman–Crippen MR) is 90.2 cm³/mol. The van der Waals surface area contributed by atoms with Gasteiger partial charge in [-0.15, -0.1) is 0 Å². The molecule has 0 spiro atoms. The molecule has 1 aliphatic rings. The molecule has 0 atom stereocenters. The van der Waals surface area contributed by atoms with Crippen LogP contribution in [0, 0.1) is 0 Å². The number of nitrogens with one attached hydrogen (secondary N) is 1. The lowest BCUT2D eigenvalue weighted by atomic mass is 10.2. The van der Waals surface area contributed by atoms with Crippen molar-refractivity contribution < 1.29 is 18.1 Å². The Labute approximate surface area is 138 Å². The van der Waals surface area contributed by atoms with Gasteiger partial charge in [0.2, 0.25) is 10.0 Å². The molecule has 1 saturated heterocycles. The number of hydrogen-bond acceptors (Lipinski definition) is 3. The summed E-state index contributed by atoms with van der Waals surface area (Å²) in [6.07, 6.45) is 2.19. The SMILES string of the molecule is CC(=O)c1ccc(S(=O)(=O)N2CC[NH+](CC=C(C)C)CC2)cc1. The van der Waals surface area contributed by atoms with Crippen molar-refractivity contribution in [1.29, 1.82) is 0 Å². The van der Waals surface area contributed by atoms with Crippen molar-refractivity contribution in [2.45, 2.75) is 25.7 Å². The van der Waals surface area contributed by atoms with Gasteiger partial charge in [-0.25, -0.2) is 8.42 Å². The summed E-state index contributed by atoms with van der Waals surface area (Å²) in [7, 11) is -3.47. The van der Waals surface area contributed by atoms with Gasteiger partial charge in [0.05, 0.1) is 37.6 Å². The number of sulfonamides is 1. The van der Waals surface area contributed by atoms with Gasteiger partial charge in [0.25, 0.3) is 0 Å². The number of carbonyl (C=O) groups excluding carboxylic acids is 1. The standard InChI is InChI=1S/C17H24N2O3S/c1-14(2)8-9-18-10-12-19(13-11-18)23(21,22)17-6-4-16(5-7-17)15(3)20/h4-8H,9-13H2,1-3H3/p+1. The zero-order valence-electron chi connectivity index (χ0n) is 14.0. The van der Waals surface area contributed by atoms with E-state index in [4.69, 9.17) is 0 Å². The number of benzene rings is 1. The Kier molecular flexibility index (Phi) is 5.73. The lowest BCUT2D eigenvalue weighted by molar-refractivity contribution is -0.897. The quantitative estimate of drug-likeness (QED) is 0.637. The molecule has 1 aliphatic heterocycles. The van der Waals surface area contributed by atoms with Crippen LogP contribution in [-0.2, 0) is 10.0 Å². The average Bonchev–Trinajstić information content (AvgIpc) is 2.53. The summed E-state index contributed by atoms with van der Waals surface area (Å²) < 4.78 is 26.9. The Bertz CT molecular complexity index is 681. The number of hydrogen-bond donors (Lipinski definition) is 1. The maximum absolute atomic E-state index is 12.7. The molecule has 0 bridgehead atoms. The third-order valence-corrected chi connectivity index (χ3v) is 6.04. The second kappa shape index (κ2) is 7.38. The van der Waals surface area contributed by atoms with E-state index in [0.29, 0.717) is 18.7 Å². The molecule has 5 nitrogen and oxygen atoms in total. The van der Waals surface area contributed by atoms with Crippen LogP contribution in [0.2, 0.25) is 0 Å². The van der Waals surface area contributed by atoms with Crippen molar-refractivity contribution in [3.63, 3.8) is 0 Å². The Balaban J connectivity index is 2.04. The van der Waals surface area contributed by atoms with Crippen molar-refractivity contribution in [2.75, 3.05) is 32.7 Å². The summed E-state index contributed by atoms with van der Waals surface area (Å²) in [6, 6.07) is 6.19. The first kappa shape index (κ1) is 17.8. The van der Waals surface area contributed by atoms with Gasteiger partial charge in [-0.3, -0.25) is 4.79 Å². The second-order valence-electron chi connectivity index (χ2n) is 6.22. The number of ketones is 1. The van der Waals surface area contributed by atoms with E-state index in [-0.39, 0.29) is 10.7 Å². The van der Waals surface area contributed by atoms with Gasteiger partial charge in [-0.1, -0.05) is 17.7 Å². The summed E-state index contributed by atoms with van der Waals surface area (Å²) in [5.41, 5.74) is 1.82. The van der Waals surface area contributed by atoms with Crippen LogP contribution in [0.25, 0.3) is 0 Å². The van der Waals surface area contributed by atoms with Crippen molar-refractivity contribution in [3.8, 4) is 0 Å². The molecule has 23 heavy (non-hydrogen) atoms. The maximum Gasteiger partial charge on any atom is 0.243 e. The molecule has 0 radical (unpaired) electrons. The number of piperazine rings is 1. The van der Waals surface area contributed by atoms with E-state index < -0.39 is 10.0 Å². The lowest BCUT2D eigenvalue weighted by Gasteiger charge is -2.31. The highest BCUT2D eigenvalue weighted by atomic mass is 32.2. The number of Topliss-reactive ketones (excluding diaryl/α,β-unsaturated/α-hetero) is 1. The molecular weight excluding hydrogens is 312 g/mol. The first-order chi connectivity index (χ1) is 10.8. The Morgan fingerprint density at radius 2 is 1.70 bits per heavy atom. The molecule has 6 heteroatoms. The Hall–Kier alpha value is -1.50. The molecular formula is C17H25N2O3S+. The van der Waals surface area contributed by atoms with Crippen LogP contribution >= 0.6 is 0 Å². The molecule has 0 saturated carbocycles. The minimum Gasteiger partial charge on any atom is -0.329 e. The molecule has 0 unspecified atom stereocenters. The number of allylic oxidation sites excluding steroid dienone is 1. The van der Waals surface area contributed by atoms with Crippen LogP contribution < -0.4 is 4.90 Å². The topological polar surface area (TPSA) is 58.9 Å². The number of rotatable bonds is 5. The van der Waals surface area contributed by atoms with Crippen LogP contribution in [0.1, 0.15) is 31.1 Å². The van der Waals surface area contributed by atoms with Crippen LogP contribution in [0.4, 0.5) is 0 Å². The first-order valence-electron chi connectivity index (χ1n) is 7.89. The van der Waals surface area contributed by atoms with Gasteiger partial charge in [-0.05, 0) is 39.0 Å².